The van der Waals surface area contributed by atoms with Crippen molar-refractivity contribution in [3.63, 3.8) is 0 Å². The Kier molecular flexibility index (Phi) is 7.43. The van der Waals surface area contributed by atoms with Gasteiger partial charge in [-0.15, -0.1) is 12.4 Å². The van der Waals surface area contributed by atoms with Crippen molar-refractivity contribution in [3.05, 3.63) is 46.2 Å². The van der Waals surface area contributed by atoms with Crippen molar-refractivity contribution in [2.75, 3.05) is 39.3 Å². The lowest BCUT2D eigenvalue weighted by atomic mass is 10.2. The molecule has 3 rings (SSSR count). The van der Waals surface area contributed by atoms with Gasteiger partial charge in [-0.25, -0.2) is 4.68 Å². The van der Waals surface area contributed by atoms with E-state index in [1.54, 1.807) is 10.9 Å². The molecule has 136 valence electrons. The summed E-state index contributed by atoms with van der Waals surface area (Å²) in [7, 11) is 0. The number of nitrogens with one attached hydrogen (secondary N) is 2. The molecule has 0 radical (unpaired) electrons. The summed E-state index contributed by atoms with van der Waals surface area (Å²) < 4.78 is 2.77. The third-order valence-corrected chi connectivity index (χ3v) is 4.72. The third kappa shape index (κ3) is 5.04. The van der Waals surface area contributed by atoms with E-state index in [1.165, 1.54) is 0 Å². The molecular weight excluding hydrogens is 406 g/mol. The number of benzene rings is 1. The fraction of sp³-hybridized carbons (Fsp3) is 0.412. The first-order valence-corrected chi connectivity index (χ1v) is 8.96. The predicted molar refractivity (Wildman–Crippen MR) is 105 cm³/mol. The van der Waals surface area contributed by atoms with Crippen molar-refractivity contribution >= 4 is 34.2 Å². The van der Waals surface area contributed by atoms with Crippen LogP contribution in [-0.2, 0) is 0 Å². The highest BCUT2D eigenvalue weighted by Crippen LogP contribution is 2.18. The molecule has 2 N–H and O–H groups in total. The molecular formula is C17H23BrClN5O. The molecule has 1 aliphatic heterocycles. The van der Waals surface area contributed by atoms with Crippen molar-refractivity contribution in [3.8, 4) is 5.69 Å². The van der Waals surface area contributed by atoms with Crippen LogP contribution in [0.1, 0.15) is 16.1 Å². The van der Waals surface area contributed by atoms with E-state index in [2.05, 4.69) is 36.6 Å². The highest BCUT2D eigenvalue weighted by Gasteiger charge is 2.16. The van der Waals surface area contributed by atoms with Crippen LogP contribution >= 0.6 is 28.3 Å². The van der Waals surface area contributed by atoms with Gasteiger partial charge >= 0.3 is 0 Å². The number of hydrogen-bond acceptors (Lipinski definition) is 4. The van der Waals surface area contributed by atoms with Gasteiger partial charge in [-0.3, -0.25) is 9.69 Å². The van der Waals surface area contributed by atoms with Gasteiger partial charge < -0.3 is 10.6 Å². The van der Waals surface area contributed by atoms with Crippen LogP contribution < -0.4 is 10.6 Å². The lowest BCUT2D eigenvalue weighted by Gasteiger charge is -2.27. The molecule has 2 aromatic rings. The number of carbonyl (C=O) groups excluding carboxylic acids is 1. The molecule has 1 aromatic carbocycles. The molecule has 0 atom stereocenters. The lowest BCUT2D eigenvalue weighted by molar-refractivity contribution is 0.0946. The molecule has 0 saturated carbocycles. The molecule has 1 saturated heterocycles. The zero-order valence-corrected chi connectivity index (χ0v) is 16.6. The molecule has 8 heteroatoms. The summed E-state index contributed by atoms with van der Waals surface area (Å²) in [5.41, 5.74) is 2.39. The molecule has 2 heterocycles. The first kappa shape index (κ1) is 19.9. The van der Waals surface area contributed by atoms with Crippen molar-refractivity contribution < 1.29 is 4.79 Å². The average molecular weight is 429 g/mol. The molecule has 1 aliphatic rings. The van der Waals surface area contributed by atoms with E-state index in [-0.39, 0.29) is 18.3 Å². The topological polar surface area (TPSA) is 62.2 Å². The van der Waals surface area contributed by atoms with Crippen LogP contribution in [-0.4, -0.2) is 59.9 Å². The van der Waals surface area contributed by atoms with Gasteiger partial charge in [0.25, 0.3) is 5.91 Å². The summed E-state index contributed by atoms with van der Waals surface area (Å²) in [6, 6.07) is 7.86. The van der Waals surface area contributed by atoms with Gasteiger partial charge in [0.05, 0.1) is 23.1 Å². The van der Waals surface area contributed by atoms with Gasteiger partial charge in [0, 0.05) is 43.7 Å². The van der Waals surface area contributed by atoms with E-state index in [0.29, 0.717) is 12.1 Å². The Hall–Kier alpha value is -1.41. The highest BCUT2D eigenvalue weighted by molar-refractivity contribution is 9.10. The monoisotopic (exact) mass is 427 g/mol. The number of rotatable bonds is 5. The van der Waals surface area contributed by atoms with Gasteiger partial charge in [0.15, 0.2) is 0 Å². The smallest absolute Gasteiger partial charge is 0.254 e. The zero-order valence-electron chi connectivity index (χ0n) is 14.2. The summed E-state index contributed by atoms with van der Waals surface area (Å²) >= 11 is 3.46. The minimum atomic E-state index is -0.0659. The van der Waals surface area contributed by atoms with Crippen LogP contribution in [0.3, 0.4) is 0 Å². The predicted octanol–water partition coefficient (Wildman–Crippen LogP) is 2.00. The zero-order chi connectivity index (χ0) is 16.9. The Balaban J connectivity index is 0.00000225. The number of hydrogen-bond donors (Lipinski definition) is 2. The van der Waals surface area contributed by atoms with Crippen molar-refractivity contribution in [1.82, 2.24) is 25.3 Å². The Morgan fingerprint density at radius 2 is 2.12 bits per heavy atom. The second kappa shape index (κ2) is 9.33. The van der Waals surface area contributed by atoms with Crippen molar-refractivity contribution in [1.29, 1.82) is 0 Å². The molecule has 0 spiro atoms. The lowest BCUT2D eigenvalue weighted by Crippen LogP contribution is -2.46. The van der Waals surface area contributed by atoms with Crippen molar-refractivity contribution in [2.45, 2.75) is 6.92 Å². The average Bonchev–Trinajstić information content (AvgIpc) is 2.97. The first-order valence-electron chi connectivity index (χ1n) is 8.17. The van der Waals surface area contributed by atoms with E-state index >= 15 is 0 Å². The van der Waals surface area contributed by atoms with Crippen LogP contribution in [0.15, 0.2) is 34.9 Å². The van der Waals surface area contributed by atoms with E-state index in [1.807, 2.05) is 31.2 Å². The highest BCUT2D eigenvalue weighted by atomic mass is 79.9. The largest absolute Gasteiger partial charge is 0.351 e. The van der Waals surface area contributed by atoms with Gasteiger partial charge in [0.2, 0.25) is 0 Å². The summed E-state index contributed by atoms with van der Waals surface area (Å²) in [6.07, 6.45) is 1.64. The Morgan fingerprint density at radius 3 is 2.84 bits per heavy atom. The van der Waals surface area contributed by atoms with Gasteiger partial charge in [-0.1, -0.05) is 22.0 Å². The standard InChI is InChI=1S/C17H22BrN5O.ClH/c1-13-16(12-21-23(13)15-4-2-3-14(18)11-15)17(24)20-7-10-22-8-5-19-6-9-22;/h2-4,11-12,19H,5-10H2,1H3,(H,20,24);1H. The molecule has 0 aliphatic carbocycles. The number of nitrogens with zero attached hydrogens (tertiary/aromatic N) is 3. The molecule has 0 bridgehead atoms. The van der Waals surface area contributed by atoms with E-state index in [0.717, 1.165) is 48.6 Å². The molecule has 1 fully saturated rings. The summed E-state index contributed by atoms with van der Waals surface area (Å²) in [6.45, 7) is 7.57. The SMILES string of the molecule is Cc1c(C(=O)NCCN2CCNCC2)cnn1-c1cccc(Br)c1.Cl. The number of carbonyl (C=O) groups is 1. The molecule has 1 amide bonds. The van der Waals surface area contributed by atoms with Crippen LogP contribution in [0.5, 0.6) is 0 Å². The van der Waals surface area contributed by atoms with Crippen LogP contribution in [0.2, 0.25) is 0 Å². The van der Waals surface area contributed by atoms with E-state index in [9.17, 15) is 4.79 Å². The van der Waals surface area contributed by atoms with E-state index in [4.69, 9.17) is 0 Å². The quantitative estimate of drug-likeness (QED) is 0.765. The number of piperazine rings is 1. The fourth-order valence-electron chi connectivity index (χ4n) is 2.86. The minimum absolute atomic E-state index is 0. The van der Waals surface area contributed by atoms with Crippen LogP contribution in [0.4, 0.5) is 0 Å². The normalized spacial score (nSPS) is 14.8. The van der Waals surface area contributed by atoms with Gasteiger partial charge in [-0.05, 0) is 25.1 Å². The molecule has 6 nitrogen and oxygen atoms in total. The van der Waals surface area contributed by atoms with Gasteiger partial charge in [0.1, 0.15) is 0 Å². The number of aromatic nitrogens is 2. The Morgan fingerprint density at radius 1 is 1.36 bits per heavy atom. The fourth-order valence-corrected chi connectivity index (χ4v) is 3.25. The van der Waals surface area contributed by atoms with Crippen LogP contribution in [0, 0.1) is 6.92 Å². The maximum absolute atomic E-state index is 12.4. The number of amides is 1. The summed E-state index contributed by atoms with van der Waals surface area (Å²) in [5, 5.41) is 10.7. The van der Waals surface area contributed by atoms with Crippen molar-refractivity contribution in [2.24, 2.45) is 0 Å². The number of halogens is 2. The minimum Gasteiger partial charge on any atom is -0.351 e. The van der Waals surface area contributed by atoms with Gasteiger partial charge in [-0.2, -0.15) is 5.10 Å². The molecule has 0 unspecified atom stereocenters. The summed E-state index contributed by atoms with van der Waals surface area (Å²) in [4.78, 5) is 14.8. The van der Waals surface area contributed by atoms with Crippen LogP contribution in [0.25, 0.3) is 5.69 Å². The maximum Gasteiger partial charge on any atom is 0.254 e. The molecule has 1 aromatic heterocycles. The summed E-state index contributed by atoms with van der Waals surface area (Å²) in [5.74, 6) is -0.0659. The Labute approximate surface area is 162 Å². The Bertz CT molecular complexity index is 715. The molecule has 25 heavy (non-hydrogen) atoms. The first-order chi connectivity index (χ1) is 11.6. The second-order valence-corrected chi connectivity index (χ2v) is 6.80. The van der Waals surface area contributed by atoms with E-state index < -0.39 is 0 Å². The second-order valence-electron chi connectivity index (χ2n) is 5.88. The maximum atomic E-state index is 12.4. The third-order valence-electron chi connectivity index (χ3n) is 4.23.